The summed E-state index contributed by atoms with van der Waals surface area (Å²) in [6.07, 6.45) is 0.998. The van der Waals surface area contributed by atoms with Crippen LogP contribution >= 0.6 is 11.6 Å². The molecule has 0 aliphatic carbocycles. The first kappa shape index (κ1) is 20.9. The third-order valence-electron chi connectivity index (χ3n) is 4.33. The molecule has 0 spiro atoms. The normalized spacial score (nSPS) is 11.9. The van der Waals surface area contributed by atoms with E-state index < -0.39 is 0 Å². The van der Waals surface area contributed by atoms with Crippen LogP contribution in [0.25, 0.3) is 0 Å². The zero-order chi connectivity index (χ0) is 19.8. The van der Waals surface area contributed by atoms with Crippen molar-refractivity contribution < 1.29 is 9.59 Å². The lowest BCUT2D eigenvalue weighted by atomic mass is 9.97. The number of amides is 2. The average molecular weight is 388 g/mol. The quantitative estimate of drug-likeness (QED) is 0.707. The lowest BCUT2D eigenvalue weighted by Crippen LogP contribution is -2.36. The van der Waals surface area contributed by atoms with E-state index in [1.807, 2.05) is 24.3 Å². The maximum absolute atomic E-state index is 12.4. The number of anilines is 2. The van der Waals surface area contributed by atoms with Gasteiger partial charge in [-0.3, -0.25) is 14.5 Å². The molecule has 0 aliphatic heterocycles. The maximum atomic E-state index is 12.4. The van der Waals surface area contributed by atoms with Crippen molar-refractivity contribution in [3.63, 3.8) is 0 Å². The lowest BCUT2D eigenvalue weighted by molar-refractivity contribution is -0.119. The fraction of sp³-hybridized carbons (Fsp3) is 0.333. The number of carbonyl (C=O) groups excluding carboxylic acids is 2. The van der Waals surface area contributed by atoms with Gasteiger partial charge in [0.25, 0.3) is 0 Å². The molecule has 1 atom stereocenters. The minimum absolute atomic E-state index is 0.114. The molecule has 27 heavy (non-hydrogen) atoms. The number of carbonyl (C=O) groups is 2. The first-order valence-corrected chi connectivity index (χ1v) is 9.39. The van der Waals surface area contributed by atoms with Gasteiger partial charge in [-0.05, 0) is 55.3 Å². The van der Waals surface area contributed by atoms with Crippen molar-refractivity contribution in [2.24, 2.45) is 0 Å². The molecule has 144 valence electrons. The largest absolute Gasteiger partial charge is 0.325 e. The number of nitrogens with zero attached hydrogens (tertiary/aromatic N) is 1. The van der Waals surface area contributed by atoms with E-state index >= 15 is 0 Å². The van der Waals surface area contributed by atoms with Gasteiger partial charge in [-0.25, -0.2) is 0 Å². The van der Waals surface area contributed by atoms with E-state index in [9.17, 15) is 9.59 Å². The highest BCUT2D eigenvalue weighted by molar-refractivity contribution is 6.30. The van der Waals surface area contributed by atoms with Crippen molar-refractivity contribution in [3.05, 3.63) is 59.1 Å². The van der Waals surface area contributed by atoms with Crippen molar-refractivity contribution in [2.45, 2.75) is 26.2 Å². The van der Waals surface area contributed by atoms with Crippen LogP contribution in [0, 0.1) is 0 Å². The summed E-state index contributed by atoms with van der Waals surface area (Å²) < 4.78 is 0. The minimum Gasteiger partial charge on any atom is -0.325 e. The van der Waals surface area contributed by atoms with Crippen LogP contribution in [-0.4, -0.2) is 36.9 Å². The van der Waals surface area contributed by atoms with Gasteiger partial charge in [-0.15, -0.1) is 0 Å². The van der Waals surface area contributed by atoms with Crippen LogP contribution in [0.15, 0.2) is 48.5 Å². The Bertz CT molecular complexity index is 777. The van der Waals surface area contributed by atoms with Crippen molar-refractivity contribution in [3.8, 4) is 0 Å². The Kier molecular flexibility index (Phi) is 7.82. The van der Waals surface area contributed by atoms with Gasteiger partial charge in [0.1, 0.15) is 0 Å². The fourth-order valence-corrected chi connectivity index (χ4v) is 2.86. The second-order valence-electron chi connectivity index (χ2n) is 6.67. The molecule has 5 nitrogen and oxygen atoms in total. The van der Waals surface area contributed by atoms with E-state index in [-0.39, 0.29) is 24.9 Å². The monoisotopic (exact) mass is 387 g/mol. The summed E-state index contributed by atoms with van der Waals surface area (Å²) in [6.45, 7) is 4.50. The van der Waals surface area contributed by atoms with Gasteiger partial charge in [0.15, 0.2) is 0 Å². The summed E-state index contributed by atoms with van der Waals surface area (Å²) >= 11 is 5.83. The van der Waals surface area contributed by atoms with Crippen LogP contribution < -0.4 is 10.6 Å². The molecule has 0 unspecified atom stereocenters. The van der Waals surface area contributed by atoms with E-state index in [0.29, 0.717) is 16.6 Å². The van der Waals surface area contributed by atoms with E-state index in [2.05, 4.69) is 24.5 Å². The Balaban J connectivity index is 1.86. The van der Waals surface area contributed by atoms with Crippen molar-refractivity contribution in [2.75, 3.05) is 30.8 Å². The molecule has 2 rings (SSSR count). The second kappa shape index (κ2) is 10.1. The Labute approximate surface area is 165 Å². The molecule has 0 aliphatic rings. The van der Waals surface area contributed by atoms with Crippen molar-refractivity contribution in [1.82, 2.24) is 4.90 Å². The van der Waals surface area contributed by atoms with Crippen LogP contribution in [0.1, 0.15) is 31.7 Å². The van der Waals surface area contributed by atoms with Gasteiger partial charge in [0.05, 0.1) is 13.1 Å². The summed E-state index contributed by atoms with van der Waals surface area (Å²) in [5.41, 5.74) is 2.62. The number of para-hydroxylation sites is 1. The Morgan fingerprint density at radius 2 is 1.59 bits per heavy atom. The minimum atomic E-state index is -0.187. The third kappa shape index (κ3) is 6.70. The molecule has 2 N–H and O–H groups in total. The van der Waals surface area contributed by atoms with Gasteiger partial charge < -0.3 is 10.6 Å². The molecule has 0 fully saturated rings. The van der Waals surface area contributed by atoms with Gasteiger partial charge in [0, 0.05) is 16.4 Å². The molecule has 0 aromatic heterocycles. The lowest BCUT2D eigenvalue weighted by Gasteiger charge is -2.18. The number of hydrogen-bond acceptors (Lipinski definition) is 3. The van der Waals surface area contributed by atoms with E-state index in [0.717, 1.165) is 17.7 Å². The summed E-state index contributed by atoms with van der Waals surface area (Å²) in [5.74, 6) is 0.0320. The van der Waals surface area contributed by atoms with E-state index in [4.69, 9.17) is 11.6 Å². The van der Waals surface area contributed by atoms with Crippen LogP contribution in [0.3, 0.4) is 0 Å². The van der Waals surface area contributed by atoms with Crippen LogP contribution in [0.5, 0.6) is 0 Å². The van der Waals surface area contributed by atoms with Gasteiger partial charge >= 0.3 is 0 Å². The third-order valence-corrected chi connectivity index (χ3v) is 4.59. The topological polar surface area (TPSA) is 61.4 Å². The Morgan fingerprint density at radius 3 is 2.22 bits per heavy atom. The molecule has 2 aromatic rings. The van der Waals surface area contributed by atoms with Gasteiger partial charge in [-0.1, -0.05) is 43.6 Å². The summed E-state index contributed by atoms with van der Waals surface area (Å²) in [7, 11) is 1.74. The molecule has 2 amide bonds. The number of halogens is 1. The SMILES string of the molecule is CC[C@@H](C)c1ccccc1NC(=O)CN(C)CC(=O)Nc1ccc(Cl)cc1. The average Bonchev–Trinajstić information content (AvgIpc) is 2.63. The van der Waals surface area contributed by atoms with Gasteiger partial charge in [-0.2, -0.15) is 0 Å². The predicted molar refractivity (Wildman–Crippen MR) is 111 cm³/mol. The smallest absolute Gasteiger partial charge is 0.238 e. The molecule has 2 aromatic carbocycles. The molecule has 0 heterocycles. The molecule has 0 saturated carbocycles. The molecule has 0 bridgehead atoms. The highest BCUT2D eigenvalue weighted by Crippen LogP contribution is 2.26. The van der Waals surface area contributed by atoms with Crippen molar-refractivity contribution in [1.29, 1.82) is 0 Å². The molecule has 6 heteroatoms. The van der Waals surface area contributed by atoms with Crippen molar-refractivity contribution >= 4 is 34.8 Å². The fourth-order valence-electron chi connectivity index (χ4n) is 2.73. The van der Waals surface area contributed by atoms with Gasteiger partial charge in [0.2, 0.25) is 11.8 Å². The van der Waals surface area contributed by atoms with Crippen LogP contribution in [0.2, 0.25) is 5.02 Å². The van der Waals surface area contributed by atoms with E-state index in [1.54, 1.807) is 36.2 Å². The highest BCUT2D eigenvalue weighted by Gasteiger charge is 2.14. The first-order valence-electron chi connectivity index (χ1n) is 9.01. The number of nitrogens with one attached hydrogen (secondary N) is 2. The zero-order valence-electron chi connectivity index (χ0n) is 16.0. The summed E-state index contributed by atoms with van der Waals surface area (Å²) in [5, 5.41) is 6.35. The second-order valence-corrected chi connectivity index (χ2v) is 7.11. The predicted octanol–water partition coefficient (Wildman–Crippen LogP) is 4.36. The Morgan fingerprint density at radius 1 is 1.00 bits per heavy atom. The Hall–Kier alpha value is -2.37. The zero-order valence-corrected chi connectivity index (χ0v) is 16.7. The molecule has 0 saturated heterocycles. The standard InChI is InChI=1S/C21H26ClN3O2/c1-4-15(2)18-7-5-6-8-19(18)24-21(27)14-25(3)13-20(26)23-17-11-9-16(22)10-12-17/h5-12,15H,4,13-14H2,1-3H3,(H,23,26)(H,24,27)/t15-/m1/s1. The number of benzene rings is 2. The van der Waals surface area contributed by atoms with E-state index in [1.165, 1.54) is 0 Å². The molecular weight excluding hydrogens is 362 g/mol. The summed E-state index contributed by atoms with van der Waals surface area (Å²) in [4.78, 5) is 26.1. The number of rotatable bonds is 8. The molecular formula is C21H26ClN3O2. The first-order chi connectivity index (χ1) is 12.9. The van der Waals surface area contributed by atoms with Crippen LogP contribution in [0.4, 0.5) is 11.4 Å². The molecule has 0 radical (unpaired) electrons. The van der Waals surface area contributed by atoms with Crippen LogP contribution in [-0.2, 0) is 9.59 Å². The highest BCUT2D eigenvalue weighted by atomic mass is 35.5. The number of hydrogen-bond donors (Lipinski definition) is 2. The maximum Gasteiger partial charge on any atom is 0.238 e. The number of likely N-dealkylation sites (N-methyl/N-ethyl adjacent to an activating group) is 1. The summed E-state index contributed by atoms with van der Waals surface area (Å²) in [6, 6.07) is 14.7.